The van der Waals surface area contributed by atoms with Gasteiger partial charge in [0.05, 0.1) is 46.0 Å². The number of hydrogen-bond acceptors (Lipinski definition) is 21. The van der Waals surface area contributed by atoms with E-state index in [4.69, 9.17) is 57.8 Å². The number of halogens is 2. The predicted molar refractivity (Wildman–Crippen MR) is 222 cm³/mol. The number of rotatable bonds is 18. The Bertz CT molecular complexity index is 2570. The van der Waals surface area contributed by atoms with Gasteiger partial charge >= 0.3 is 26.3 Å². The Balaban J connectivity index is 1.02. The van der Waals surface area contributed by atoms with Gasteiger partial charge in [-0.25, -0.2) is 42.5 Å². The fraction of sp³-hybridized carbons (Fsp3) is 0.543. The van der Waals surface area contributed by atoms with Gasteiger partial charge in [-0.15, -0.1) is 0 Å². The molecular weight excluding hydrogens is 948 g/mol. The van der Waals surface area contributed by atoms with Crippen LogP contribution >= 0.6 is 26.0 Å². The lowest BCUT2D eigenvalue weighted by atomic mass is 10.1. The van der Waals surface area contributed by atoms with Gasteiger partial charge in [-0.3, -0.25) is 37.0 Å². The maximum atomic E-state index is 16.4. The highest BCUT2D eigenvalue weighted by Gasteiger charge is 2.55. The summed E-state index contributed by atoms with van der Waals surface area (Å²) in [6.45, 7) is -5.14. The van der Waals surface area contributed by atoms with Crippen molar-refractivity contribution in [2.24, 2.45) is 5.11 Å². The second-order valence-corrected chi connectivity index (χ2v) is 19.7. The van der Waals surface area contributed by atoms with E-state index in [1.165, 1.54) is 24.3 Å². The van der Waals surface area contributed by atoms with Crippen LogP contribution in [0.15, 0.2) is 63.9 Å². The third kappa shape index (κ3) is 12.4. The number of azide groups is 1. The molecule has 0 saturated carbocycles. The topological polar surface area (TPSA) is 337 Å². The number of aromatic nitrogens is 6. The molecule has 7 rings (SSSR count). The van der Waals surface area contributed by atoms with Crippen molar-refractivity contribution in [2.45, 2.75) is 61.4 Å². The second-order valence-electron chi connectivity index (χ2n) is 14.2. The lowest BCUT2D eigenvalue weighted by Crippen LogP contribution is -2.38. The molecule has 1 aromatic carbocycles. The average molecular weight is 991 g/mol. The fourth-order valence-electron chi connectivity index (χ4n) is 6.65. The first-order chi connectivity index (χ1) is 31.7. The number of phosphoric acid groups is 1. The van der Waals surface area contributed by atoms with Gasteiger partial charge in [0.25, 0.3) is 5.56 Å². The number of H-pyrrole nitrogens is 1. The third-order valence-electron chi connectivity index (χ3n) is 9.74. The molecule has 2 unspecified atom stereocenters. The predicted octanol–water partition coefficient (Wildman–Crippen LogP) is 3.04. The van der Waals surface area contributed by atoms with Gasteiger partial charge < -0.3 is 39.0 Å². The summed E-state index contributed by atoms with van der Waals surface area (Å²) in [6.07, 6.45) is -11.3. The highest BCUT2D eigenvalue weighted by Crippen LogP contribution is 2.65. The first-order valence-electron chi connectivity index (χ1n) is 19.8. The number of carbonyl (C=O) groups is 1. The summed E-state index contributed by atoms with van der Waals surface area (Å²) in [5, 5.41) is 3.41. The van der Waals surface area contributed by atoms with Crippen LogP contribution in [0, 0.1) is 0 Å². The van der Waals surface area contributed by atoms with E-state index >= 15 is 8.78 Å². The molecule has 0 aliphatic carbocycles. The zero-order valence-electron chi connectivity index (χ0n) is 34.3. The van der Waals surface area contributed by atoms with Crippen molar-refractivity contribution >= 4 is 49.0 Å². The third-order valence-corrected chi connectivity index (χ3v) is 14.4. The molecule has 66 heavy (non-hydrogen) atoms. The van der Waals surface area contributed by atoms with Crippen molar-refractivity contribution < 1.29 is 74.1 Å². The van der Waals surface area contributed by atoms with E-state index in [1.54, 1.807) is 0 Å². The number of phosphoric ester groups is 1. The lowest BCUT2D eigenvalue weighted by Gasteiger charge is -2.29. The van der Waals surface area contributed by atoms with E-state index < -0.39 is 94.3 Å². The standard InChI is InChI=1S/C35H42F2N10O16P2S/c36-26-29-23(61-34(26)47-19-42-28-31(38)40-18-41-32(28)47)15-58-65(53,63-30-22(14-57-64(51,52)62-29)60-33(27(30)37)46-8-6-24(48)44-35(46)50)66-17-20-2-4-21(5-3-20)59-25(49)16-56-13-12-55-11-10-54-9-1-7-43-45-39/h2-6,8,18-19,22-23,26-27,29-30,33-34H,1,7,9-17H2,(H,51,52)(H2,38,40,41)(H,44,48,50)/t22-,23-,26-,27-,29-,30-,33-,34-,65?/m1/s1. The van der Waals surface area contributed by atoms with E-state index in [1.807, 2.05) is 4.98 Å². The first kappa shape index (κ1) is 49.2. The number of fused-ring (bicyclic) bond motifs is 3. The molecule has 3 aromatic heterocycles. The van der Waals surface area contributed by atoms with E-state index in [0.29, 0.717) is 54.3 Å². The van der Waals surface area contributed by atoms with Crippen LogP contribution in [0.3, 0.4) is 0 Å². The largest absolute Gasteiger partial charge is 0.472 e. The molecule has 3 aliphatic rings. The van der Waals surface area contributed by atoms with Crippen molar-refractivity contribution in [1.29, 1.82) is 0 Å². The molecule has 0 bridgehead atoms. The summed E-state index contributed by atoms with van der Waals surface area (Å²) in [6, 6.07) is 6.89. The van der Waals surface area contributed by atoms with Crippen LogP contribution in [-0.2, 0) is 61.5 Å². The number of alkyl halides is 2. The van der Waals surface area contributed by atoms with Crippen molar-refractivity contribution in [1.82, 2.24) is 29.1 Å². The van der Waals surface area contributed by atoms with E-state index in [0.717, 1.165) is 29.5 Å². The number of nitrogens with one attached hydrogen (secondary N) is 1. The number of benzene rings is 1. The van der Waals surface area contributed by atoms with Crippen LogP contribution in [0.5, 0.6) is 5.75 Å². The van der Waals surface area contributed by atoms with Crippen LogP contribution in [-0.4, -0.2) is 136 Å². The number of carbonyl (C=O) groups excluding carboxylic acids is 1. The normalized spacial score (nSPS) is 29.0. The highest BCUT2D eigenvalue weighted by atomic mass is 32.7. The Morgan fingerprint density at radius 1 is 0.939 bits per heavy atom. The van der Waals surface area contributed by atoms with Crippen LogP contribution < -0.4 is 21.7 Å². The molecule has 0 spiro atoms. The summed E-state index contributed by atoms with van der Waals surface area (Å²) >= 11 is 0.567. The Hall–Kier alpha value is -4.70. The summed E-state index contributed by atoms with van der Waals surface area (Å²) in [5.41, 5.74) is 12.9. The zero-order valence-corrected chi connectivity index (χ0v) is 36.9. The van der Waals surface area contributed by atoms with Gasteiger partial charge in [-0.2, -0.15) is 0 Å². The Morgan fingerprint density at radius 3 is 2.32 bits per heavy atom. The van der Waals surface area contributed by atoms with E-state index in [2.05, 4.69) is 25.0 Å². The minimum absolute atomic E-state index is 0.0245. The molecule has 3 aliphatic heterocycles. The number of hydrogen-bond donors (Lipinski definition) is 3. The SMILES string of the molecule is [N-]=[N+]=NCCCOCCOCCOCC(=O)Oc1ccc(CSP2(=O)OC[C@H]3O[C@@H](n4cnc5c(N)ncnc54)[C@H](F)[C@@H]3OP(=O)(O)OC[C@H]3O[C@@H](n4ccc(=O)[nH]c4=O)[C@H](F)[C@@H]3O2)cc1. The number of anilines is 1. The van der Waals surface area contributed by atoms with Gasteiger partial charge in [-0.05, 0) is 41.0 Å². The molecular formula is C35H42F2N10O16P2S. The molecule has 4 aromatic rings. The van der Waals surface area contributed by atoms with Crippen molar-refractivity contribution in [2.75, 3.05) is 65.1 Å². The fourth-order valence-corrected chi connectivity index (χ4v) is 11.0. The van der Waals surface area contributed by atoms with Crippen molar-refractivity contribution in [3.05, 3.63) is 86.0 Å². The van der Waals surface area contributed by atoms with Gasteiger partial charge in [0.15, 0.2) is 36.3 Å². The van der Waals surface area contributed by atoms with E-state index in [9.17, 15) is 28.4 Å². The van der Waals surface area contributed by atoms with Crippen LogP contribution in [0.25, 0.3) is 21.6 Å². The summed E-state index contributed by atoms with van der Waals surface area (Å²) in [4.78, 5) is 64.2. The van der Waals surface area contributed by atoms with E-state index in [-0.39, 0.29) is 48.3 Å². The lowest BCUT2D eigenvalue weighted by molar-refractivity contribution is -0.140. The average Bonchev–Trinajstić information content (AvgIpc) is 3.95. The summed E-state index contributed by atoms with van der Waals surface area (Å²) < 4.78 is 118. The van der Waals surface area contributed by atoms with Crippen LogP contribution in [0.1, 0.15) is 24.4 Å². The molecule has 4 N–H and O–H groups in total. The Labute approximate surface area is 374 Å². The minimum atomic E-state index is -5.25. The molecule has 0 radical (unpaired) electrons. The number of ether oxygens (including phenoxy) is 6. The molecule has 3 fully saturated rings. The monoisotopic (exact) mass is 990 g/mol. The summed E-state index contributed by atoms with van der Waals surface area (Å²) in [7, 11) is -5.25. The Kier molecular flexibility index (Phi) is 16.7. The number of aromatic amines is 1. The molecule has 31 heteroatoms. The molecule has 0 amide bonds. The number of nitrogen functional groups attached to an aromatic ring is 1. The van der Waals surface area contributed by atoms with Gasteiger partial charge in [0.2, 0.25) is 0 Å². The van der Waals surface area contributed by atoms with Gasteiger partial charge in [-0.1, -0.05) is 17.2 Å². The molecule has 26 nitrogen and oxygen atoms in total. The van der Waals surface area contributed by atoms with Crippen LogP contribution in [0.2, 0.25) is 0 Å². The maximum Gasteiger partial charge on any atom is 0.472 e. The van der Waals surface area contributed by atoms with Crippen molar-refractivity contribution in [3.8, 4) is 5.75 Å². The number of nitrogens with two attached hydrogens (primary N) is 1. The molecule has 10 atom stereocenters. The number of nitrogens with zero attached hydrogens (tertiary/aromatic N) is 8. The van der Waals surface area contributed by atoms with Gasteiger partial charge in [0, 0.05) is 36.1 Å². The first-order valence-corrected chi connectivity index (χ1v) is 24.5. The molecule has 6 heterocycles. The second kappa shape index (κ2) is 22.4. The molecule has 3 saturated heterocycles. The minimum Gasteiger partial charge on any atom is -0.425 e. The maximum absolute atomic E-state index is 16.4. The van der Waals surface area contributed by atoms with Crippen LogP contribution in [0.4, 0.5) is 14.6 Å². The van der Waals surface area contributed by atoms with Crippen molar-refractivity contribution in [3.63, 3.8) is 0 Å². The smallest absolute Gasteiger partial charge is 0.425 e. The molecule has 358 valence electrons. The zero-order chi connectivity index (χ0) is 46.8. The Morgan fingerprint density at radius 2 is 1.61 bits per heavy atom. The quantitative estimate of drug-likeness (QED) is 0.0245. The highest BCUT2D eigenvalue weighted by molar-refractivity contribution is 8.54. The summed E-state index contributed by atoms with van der Waals surface area (Å²) in [5.74, 6) is -0.723. The van der Waals surface area contributed by atoms with Gasteiger partial charge in [0.1, 0.15) is 48.6 Å². The number of esters is 1. The number of imidazole rings is 1.